The van der Waals surface area contributed by atoms with Crippen LogP contribution in [0.1, 0.15) is 27.7 Å². The van der Waals surface area contributed by atoms with Gasteiger partial charge in [-0.1, -0.05) is 26.5 Å². The van der Waals surface area contributed by atoms with E-state index in [-0.39, 0.29) is 11.8 Å². The summed E-state index contributed by atoms with van der Waals surface area (Å²) in [6, 6.07) is 0. The fraction of sp³-hybridized carbons (Fsp3) is 0.500. The quantitative estimate of drug-likeness (QED) is 0.642. The maximum atomic E-state index is 11.3. The molecule has 0 heterocycles. The zero-order valence-corrected chi connectivity index (χ0v) is 8.27. The molecule has 0 bridgehead atoms. The Bertz CT molecular complexity index is 214. The molecule has 2 heteroatoms. The smallest absolute Gasteiger partial charge is 0.250 e. The molecule has 0 aliphatic rings. The van der Waals surface area contributed by atoms with Crippen molar-refractivity contribution in [1.29, 1.82) is 0 Å². The molecule has 0 unspecified atom stereocenters. The van der Waals surface area contributed by atoms with Crippen LogP contribution in [0.3, 0.4) is 0 Å². The highest BCUT2D eigenvalue weighted by Gasteiger charge is 2.09. The SMILES string of the molecule is C=C(C(=O)NC(C)=CC)C(C)C. The second-order valence-corrected chi connectivity index (χ2v) is 3.11. The Morgan fingerprint density at radius 1 is 1.50 bits per heavy atom. The van der Waals surface area contributed by atoms with Gasteiger partial charge in [0.2, 0.25) is 0 Å². The summed E-state index contributed by atoms with van der Waals surface area (Å²) in [6.07, 6.45) is 1.85. The highest BCUT2D eigenvalue weighted by Crippen LogP contribution is 2.06. The van der Waals surface area contributed by atoms with E-state index in [1.807, 2.05) is 33.8 Å². The first-order valence-corrected chi connectivity index (χ1v) is 4.12. The van der Waals surface area contributed by atoms with Gasteiger partial charge < -0.3 is 5.32 Å². The van der Waals surface area contributed by atoms with E-state index in [0.717, 1.165) is 5.70 Å². The number of rotatable bonds is 3. The zero-order chi connectivity index (χ0) is 9.72. The van der Waals surface area contributed by atoms with Crippen molar-refractivity contribution in [3.8, 4) is 0 Å². The number of nitrogens with one attached hydrogen (secondary N) is 1. The first kappa shape index (κ1) is 11.0. The normalized spacial score (nSPS) is 11.6. The molecule has 2 nitrogen and oxygen atoms in total. The van der Waals surface area contributed by atoms with Crippen LogP contribution in [0.4, 0.5) is 0 Å². The van der Waals surface area contributed by atoms with Gasteiger partial charge >= 0.3 is 0 Å². The van der Waals surface area contributed by atoms with E-state index in [1.165, 1.54) is 0 Å². The number of allylic oxidation sites excluding steroid dienone is 2. The van der Waals surface area contributed by atoms with Crippen molar-refractivity contribution in [2.75, 3.05) is 0 Å². The summed E-state index contributed by atoms with van der Waals surface area (Å²) in [7, 11) is 0. The van der Waals surface area contributed by atoms with Gasteiger partial charge in [-0.05, 0) is 19.8 Å². The minimum absolute atomic E-state index is 0.0828. The van der Waals surface area contributed by atoms with E-state index in [4.69, 9.17) is 0 Å². The summed E-state index contributed by atoms with van der Waals surface area (Å²) in [6.45, 7) is 11.3. The van der Waals surface area contributed by atoms with Crippen LogP contribution >= 0.6 is 0 Å². The molecule has 0 aromatic rings. The van der Waals surface area contributed by atoms with Gasteiger partial charge in [-0.25, -0.2) is 0 Å². The van der Waals surface area contributed by atoms with Crippen molar-refractivity contribution in [2.24, 2.45) is 5.92 Å². The molecule has 68 valence electrons. The molecule has 0 spiro atoms. The lowest BCUT2D eigenvalue weighted by molar-refractivity contribution is -0.117. The number of carbonyl (C=O) groups is 1. The van der Waals surface area contributed by atoms with Crippen molar-refractivity contribution < 1.29 is 4.79 Å². The second-order valence-electron chi connectivity index (χ2n) is 3.11. The van der Waals surface area contributed by atoms with Crippen molar-refractivity contribution in [3.05, 3.63) is 23.9 Å². The van der Waals surface area contributed by atoms with Gasteiger partial charge in [0.1, 0.15) is 0 Å². The average Bonchev–Trinajstić information content (AvgIpc) is 2.02. The van der Waals surface area contributed by atoms with Crippen molar-refractivity contribution in [1.82, 2.24) is 5.32 Å². The van der Waals surface area contributed by atoms with E-state index in [9.17, 15) is 4.79 Å². The first-order valence-electron chi connectivity index (χ1n) is 4.12. The van der Waals surface area contributed by atoms with Gasteiger partial charge in [-0.3, -0.25) is 4.79 Å². The summed E-state index contributed by atoms with van der Waals surface area (Å²) in [4.78, 5) is 11.3. The minimum Gasteiger partial charge on any atom is -0.327 e. The van der Waals surface area contributed by atoms with Gasteiger partial charge in [0, 0.05) is 11.3 Å². The Balaban J connectivity index is 4.15. The third kappa shape index (κ3) is 3.37. The first-order chi connectivity index (χ1) is 5.49. The molecule has 0 atom stereocenters. The second kappa shape index (κ2) is 4.75. The molecule has 1 amide bonds. The largest absolute Gasteiger partial charge is 0.327 e. The predicted molar refractivity (Wildman–Crippen MR) is 51.6 cm³/mol. The van der Waals surface area contributed by atoms with Crippen molar-refractivity contribution in [2.45, 2.75) is 27.7 Å². The monoisotopic (exact) mass is 167 g/mol. The average molecular weight is 167 g/mol. The molecule has 0 saturated carbocycles. The maximum absolute atomic E-state index is 11.3. The van der Waals surface area contributed by atoms with E-state index >= 15 is 0 Å². The Morgan fingerprint density at radius 2 is 2.00 bits per heavy atom. The molecule has 0 rings (SSSR count). The van der Waals surface area contributed by atoms with Gasteiger partial charge in [-0.15, -0.1) is 0 Å². The Labute approximate surface area is 74.4 Å². The standard InChI is InChI=1S/C10H17NO/c1-6-8(4)11-10(12)9(5)7(2)3/h6-7H,5H2,1-4H3,(H,11,12). The Hall–Kier alpha value is -1.05. The topological polar surface area (TPSA) is 29.1 Å². The van der Waals surface area contributed by atoms with Crippen LogP contribution in [-0.2, 0) is 4.79 Å². The molecular weight excluding hydrogens is 150 g/mol. The van der Waals surface area contributed by atoms with Crippen LogP contribution in [0.2, 0.25) is 0 Å². The summed E-state index contributed by atoms with van der Waals surface area (Å²) in [5.41, 5.74) is 1.48. The summed E-state index contributed by atoms with van der Waals surface area (Å²) < 4.78 is 0. The van der Waals surface area contributed by atoms with Crippen LogP contribution in [-0.4, -0.2) is 5.91 Å². The van der Waals surface area contributed by atoms with Gasteiger partial charge in [0.05, 0.1) is 0 Å². The van der Waals surface area contributed by atoms with Gasteiger partial charge in [-0.2, -0.15) is 0 Å². The van der Waals surface area contributed by atoms with E-state index in [2.05, 4.69) is 11.9 Å². The van der Waals surface area contributed by atoms with Crippen molar-refractivity contribution >= 4 is 5.91 Å². The fourth-order valence-corrected chi connectivity index (χ4v) is 0.594. The van der Waals surface area contributed by atoms with Gasteiger partial charge in [0.15, 0.2) is 0 Å². The third-order valence-electron chi connectivity index (χ3n) is 1.73. The van der Waals surface area contributed by atoms with E-state index in [0.29, 0.717) is 5.57 Å². The molecule has 0 radical (unpaired) electrons. The number of hydrogen-bond donors (Lipinski definition) is 1. The molecule has 0 aromatic carbocycles. The Kier molecular flexibility index (Phi) is 4.34. The van der Waals surface area contributed by atoms with Gasteiger partial charge in [0.25, 0.3) is 5.91 Å². The lowest BCUT2D eigenvalue weighted by atomic mass is 10.1. The molecule has 0 aliphatic heterocycles. The van der Waals surface area contributed by atoms with Crippen LogP contribution in [0, 0.1) is 5.92 Å². The van der Waals surface area contributed by atoms with Crippen LogP contribution in [0.25, 0.3) is 0 Å². The third-order valence-corrected chi connectivity index (χ3v) is 1.73. The van der Waals surface area contributed by atoms with Crippen LogP contribution in [0.15, 0.2) is 23.9 Å². The molecule has 0 aromatic heterocycles. The summed E-state index contributed by atoms with van der Waals surface area (Å²) in [5.74, 6) is 0.121. The minimum atomic E-state index is -0.0828. The molecule has 1 N–H and O–H groups in total. The summed E-state index contributed by atoms with van der Waals surface area (Å²) >= 11 is 0. The summed E-state index contributed by atoms with van der Waals surface area (Å²) in [5, 5.41) is 2.73. The molecular formula is C10H17NO. The number of hydrogen-bond acceptors (Lipinski definition) is 1. The predicted octanol–water partition coefficient (Wildman–Crippen LogP) is 2.24. The Morgan fingerprint density at radius 3 is 2.33 bits per heavy atom. The number of carbonyl (C=O) groups excluding carboxylic acids is 1. The molecule has 0 fully saturated rings. The highest BCUT2D eigenvalue weighted by molar-refractivity contribution is 5.94. The molecule has 0 aliphatic carbocycles. The fourth-order valence-electron chi connectivity index (χ4n) is 0.594. The number of amides is 1. The molecule has 12 heavy (non-hydrogen) atoms. The van der Waals surface area contributed by atoms with E-state index < -0.39 is 0 Å². The van der Waals surface area contributed by atoms with Crippen LogP contribution < -0.4 is 5.32 Å². The molecule has 0 saturated heterocycles. The lowest BCUT2D eigenvalue weighted by Crippen LogP contribution is -2.24. The van der Waals surface area contributed by atoms with Crippen molar-refractivity contribution in [3.63, 3.8) is 0 Å². The highest BCUT2D eigenvalue weighted by atomic mass is 16.1. The van der Waals surface area contributed by atoms with Crippen LogP contribution in [0.5, 0.6) is 0 Å². The lowest BCUT2D eigenvalue weighted by Gasteiger charge is -2.09. The zero-order valence-electron chi connectivity index (χ0n) is 8.27. The maximum Gasteiger partial charge on any atom is 0.250 e. The van der Waals surface area contributed by atoms with E-state index in [1.54, 1.807) is 0 Å².